The van der Waals surface area contributed by atoms with Crippen molar-refractivity contribution in [2.75, 3.05) is 24.3 Å². The highest BCUT2D eigenvalue weighted by atomic mass is 16.6. The summed E-state index contributed by atoms with van der Waals surface area (Å²) in [7, 11) is 3.41. The summed E-state index contributed by atoms with van der Waals surface area (Å²) >= 11 is 0. The summed E-state index contributed by atoms with van der Waals surface area (Å²) in [6, 6.07) is 13.6. The first-order valence-corrected chi connectivity index (χ1v) is 7.78. The van der Waals surface area contributed by atoms with Gasteiger partial charge in [-0.25, -0.2) is 0 Å². The second-order valence-corrected chi connectivity index (χ2v) is 5.84. The predicted molar refractivity (Wildman–Crippen MR) is 101 cm³/mol. The van der Waals surface area contributed by atoms with E-state index in [4.69, 9.17) is 0 Å². The van der Waals surface area contributed by atoms with E-state index in [0.29, 0.717) is 16.9 Å². The van der Waals surface area contributed by atoms with Crippen LogP contribution in [0.4, 0.5) is 17.1 Å². The number of carbonyl (C=O) groups is 1. The van der Waals surface area contributed by atoms with E-state index in [1.165, 1.54) is 12.1 Å². The van der Waals surface area contributed by atoms with Gasteiger partial charge < -0.3 is 10.2 Å². The van der Waals surface area contributed by atoms with E-state index in [1.54, 1.807) is 43.3 Å². The molecule has 0 saturated heterocycles. The zero-order valence-corrected chi connectivity index (χ0v) is 14.7. The van der Waals surface area contributed by atoms with Crippen LogP contribution in [0, 0.1) is 28.4 Å². The Kier molecular flexibility index (Phi) is 5.71. The van der Waals surface area contributed by atoms with E-state index in [1.807, 2.05) is 25.1 Å². The van der Waals surface area contributed by atoms with Crippen molar-refractivity contribution in [2.45, 2.75) is 6.92 Å². The van der Waals surface area contributed by atoms with Gasteiger partial charge in [0.05, 0.1) is 4.92 Å². The largest absolute Gasteiger partial charge is 0.372 e. The molecule has 2 aromatic rings. The molecule has 2 rings (SSSR count). The third-order valence-corrected chi connectivity index (χ3v) is 3.75. The van der Waals surface area contributed by atoms with Gasteiger partial charge in [-0.05, 0) is 36.3 Å². The Morgan fingerprint density at radius 3 is 2.54 bits per heavy atom. The maximum Gasteiger partial charge on any atom is 0.293 e. The number of nitriles is 1. The third-order valence-electron chi connectivity index (χ3n) is 3.75. The van der Waals surface area contributed by atoms with Gasteiger partial charge in [0, 0.05) is 25.8 Å². The molecule has 0 unspecified atom stereocenters. The number of aryl methyl sites for hydroxylation is 1. The van der Waals surface area contributed by atoms with Gasteiger partial charge in [-0.2, -0.15) is 5.26 Å². The fourth-order valence-electron chi connectivity index (χ4n) is 2.37. The molecule has 0 aliphatic heterocycles. The van der Waals surface area contributed by atoms with E-state index >= 15 is 0 Å². The molecule has 0 heterocycles. The number of benzene rings is 2. The van der Waals surface area contributed by atoms with Crippen LogP contribution in [0.25, 0.3) is 6.08 Å². The summed E-state index contributed by atoms with van der Waals surface area (Å²) in [4.78, 5) is 24.7. The molecule has 26 heavy (non-hydrogen) atoms. The molecule has 7 nitrogen and oxygen atoms in total. The summed E-state index contributed by atoms with van der Waals surface area (Å²) in [6.45, 7) is 1.84. The number of carbonyl (C=O) groups excluding carboxylic acids is 1. The molecule has 2 aromatic carbocycles. The smallest absolute Gasteiger partial charge is 0.293 e. The lowest BCUT2D eigenvalue weighted by Gasteiger charge is -2.12. The van der Waals surface area contributed by atoms with Crippen molar-refractivity contribution in [1.82, 2.24) is 0 Å². The van der Waals surface area contributed by atoms with Crippen LogP contribution in [-0.4, -0.2) is 24.9 Å². The zero-order chi connectivity index (χ0) is 19.3. The van der Waals surface area contributed by atoms with E-state index in [2.05, 4.69) is 5.32 Å². The zero-order valence-electron chi connectivity index (χ0n) is 14.7. The van der Waals surface area contributed by atoms with Gasteiger partial charge in [-0.15, -0.1) is 0 Å². The molecule has 132 valence electrons. The van der Waals surface area contributed by atoms with Crippen LogP contribution in [0.1, 0.15) is 11.1 Å². The SMILES string of the molecule is Cc1ccccc1NC(=O)/C(C#N)=C/c1ccc(N(C)C)c([N+](=O)[O-])c1. The number of nitro benzene ring substituents is 1. The molecular formula is C19H18N4O3. The first-order chi connectivity index (χ1) is 12.3. The van der Waals surface area contributed by atoms with Crippen molar-refractivity contribution in [2.24, 2.45) is 0 Å². The summed E-state index contributed by atoms with van der Waals surface area (Å²) in [5.41, 5.74) is 2.08. The van der Waals surface area contributed by atoms with Gasteiger partial charge in [0.15, 0.2) is 0 Å². The predicted octanol–water partition coefficient (Wildman–Crippen LogP) is 3.51. The number of amides is 1. The van der Waals surface area contributed by atoms with Crippen LogP contribution in [0.2, 0.25) is 0 Å². The molecule has 0 aromatic heterocycles. The number of nitro groups is 1. The van der Waals surface area contributed by atoms with Crippen LogP contribution < -0.4 is 10.2 Å². The Labute approximate surface area is 151 Å². The van der Waals surface area contributed by atoms with Crippen molar-refractivity contribution in [3.05, 3.63) is 69.3 Å². The third kappa shape index (κ3) is 4.24. The number of anilines is 2. The first kappa shape index (κ1) is 18.7. The Balaban J connectivity index is 2.35. The van der Waals surface area contributed by atoms with Gasteiger partial charge in [0.2, 0.25) is 0 Å². The lowest BCUT2D eigenvalue weighted by atomic mass is 10.1. The number of hydrogen-bond acceptors (Lipinski definition) is 5. The molecule has 0 saturated carbocycles. The van der Waals surface area contributed by atoms with Crippen LogP contribution >= 0.6 is 0 Å². The molecular weight excluding hydrogens is 332 g/mol. The lowest BCUT2D eigenvalue weighted by Crippen LogP contribution is -2.14. The van der Waals surface area contributed by atoms with Crippen molar-refractivity contribution in [3.8, 4) is 6.07 Å². The quantitative estimate of drug-likeness (QED) is 0.385. The number of nitrogens with zero attached hydrogens (tertiary/aromatic N) is 3. The van der Waals surface area contributed by atoms with Crippen LogP contribution in [-0.2, 0) is 4.79 Å². The van der Waals surface area contributed by atoms with Crippen molar-refractivity contribution < 1.29 is 9.72 Å². The molecule has 0 atom stereocenters. The number of rotatable bonds is 5. The molecule has 0 aliphatic rings. The monoisotopic (exact) mass is 350 g/mol. The molecule has 0 bridgehead atoms. The van der Waals surface area contributed by atoms with Gasteiger partial charge in [0.25, 0.3) is 11.6 Å². The maximum absolute atomic E-state index is 12.4. The Morgan fingerprint density at radius 2 is 1.96 bits per heavy atom. The summed E-state index contributed by atoms with van der Waals surface area (Å²) in [5, 5.41) is 23.2. The molecule has 0 spiro atoms. The van der Waals surface area contributed by atoms with Crippen molar-refractivity contribution in [1.29, 1.82) is 5.26 Å². The number of nitrogens with one attached hydrogen (secondary N) is 1. The second kappa shape index (κ2) is 7.94. The Bertz CT molecular complexity index is 927. The average Bonchev–Trinajstić information content (AvgIpc) is 2.61. The average molecular weight is 350 g/mol. The lowest BCUT2D eigenvalue weighted by molar-refractivity contribution is -0.384. The molecule has 0 fully saturated rings. The highest BCUT2D eigenvalue weighted by molar-refractivity contribution is 6.10. The topological polar surface area (TPSA) is 99.3 Å². The molecule has 7 heteroatoms. The van der Waals surface area contributed by atoms with Crippen molar-refractivity contribution >= 4 is 29.0 Å². The van der Waals surface area contributed by atoms with Gasteiger partial charge in [0.1, 0.15) is 17.3 Å². The highest BCUT2D eigenvalue weighted by Gasteiger charge is 2.17. The minimum atomic E-state index is -0.568. The molecule has 0 radical (unpaired) electrons. The van der Waals surface area contributed by atoms with Crippen LogP contribution in [0.15, 0.2) is 48.0 Å². The Hall–Kier alpha value is -3.66. The van der Waals surface area contributed by atoms with Gasteiger partial charge in [-0.3, -0.25) is 14.9 Å². The molecule has 1 N–H and O–H groups in total. The fraction of sp³-hybridized carbons (Fsp3) is 0.158. The number of para-hydroxylation sites is 1. The summed E-state index contributed by atoms with van der Waals surface area (Å²) in [5.74, 6) is -0.568. The van der Waals surface area contributed by atoms with Crippen LogP contribution in [0.3, 0.4) is 0 Å². The Morgan fingerprint density at radius 1 is 1.27 bits per heavy atom. The van der Waals surface area contributed by atoms with E-state index in [9.17, 15) is 20.2 Å². The number of hydrogen-bond donors (Lipinski definition) is 1. The molecule has 0 aliphatic carbocycles. The normalized spacial score (nSPS) is 10.8. The molecule has 1 amide bonds. The summed E-state index contributed by atoms with van der Waals surface area (Å²) in [6.07, 6.45) is 1.33. The summed E-state index contributed by atoms with van der Waals surface area (Å²) < 4.78 is 0. The highest BCUT2D eigenvalue weighted by Crippen LogP contribution is 2.28. The minimum absolute atomic E-state index is 0.0969. The second-order valence-electron chi connectivity index (χ2n) is 5.84. The minimum Gasteiger partial charge on any atom is -0.372 e. The van der Waals surface area contributed by atoms with Crippen molar-refractivity contribution in [3.63, 3.8) is 0 Å². The van der Waals surface area contributed by atoms with Gasteiger partial charge >= 0.3 is 0 Å². The first-order valence-electron chi connectivity index (χ1n) is 7.78. The standard InChI is InChI=1S/C19H18N4O3/c1-13-6-4-5-7-16(13)21-19(24)15(12-20)10-14-8-9-17(22(2)3)18(11-14)23(25)26/h4-11H,1-3H3,(H,21,24)/b15-10+. The van der Waals surface area contributed by atoms with Crippen LogP contribution in [0.5, 0.6) is 0 Å². The van der Waals surface area contributed by atoms with E-state index in [-0.39, 0.29) is 11.3 Å². The maximum atomic E-state index is 12.4. The van der Waals surface area contributed by atoms with E-state index in [0.717, 1.165) is 5.56 Å². The fourth-order valence-corrected chi connectivity index (χ4v) is 2.37. The van der Waals surface area contributed by atoms with Gasteiger partial charge in [-0.1, -0.05) is 24.3 Å². The van der Waals surface area contributed by atoms with E-state index < -0.39 is 10.8 Å².